The number of carbonyl (C=O) groups is 3. The molecule has 0 aliphatic rings. The van der Waals surface area contributed by atoms with Crippen molar-refractivity contribution in [2.24, 2.45) is 5.10 Å². The summed E-state index contributed by atoms with van der Waals surface area (Å²) in [7, 11) is 1.54. The first-order valence-corrected chi connectivity index (χ1v) is 11.9. The summed E-state index contributed by atoms with van der Waals surface area (Å²) in [5.74, 6) is -0.959. The first-order chi connectivity index (χ1) is 19.8. The van der Waals surface area contributed by atoms with E-state index in [1.54, 1.807) is 37.4 Å². The first kappa shape index (κ1) is 28.0. The Morgan fingerprint density at radius 2 is 1.73 bits per heavy atom. The molecule has 0 spiro atoms. The summed E-state index contributed by atoms with van der Waals surface area (Å²) in [6, 6.07) is 19.7. The number of nitro benzene ring substituents is 1. The van der Waals surface area contributed by atoms with Crippen LogP contribution in [-0.4, -0.2) is 36.0 Å². The zero-order valence-electron chi connectivity index (χ0n) is 21.5. The van der Waals surface area contributed by atoms with Gasteiger partial charge in [0.15, 0.2) is 5.76 Å². The molecule has 0 atom stereocenters. The number of carbonyl (C=O) groups excluding carboxylic acids is 3. The van der Waals surface area contributed by atoms with Gasteiger partial charge in [-0.25, -0.2) is 10.2 Å². The monoisotopic (exact) mass is 554 g/mol. The Bertz CT molecular complexity index is 1610. The fourth-order valence-corrected chi connectivity index (χ4v) is 3.40. The number of esters is 1. The smallest absolute Gasteiger partial charge is 0.336 e. The van der Waals surface area contributed by atoms with Crippen molar-refractivity contribution in [1.82, 2.24) is 5.43 Å². The lowest BCUT2D eigenvalue weighted by molar-refractivity contribution is -0.384. The van der Waals surface area contributed by atoms with Crippen LogP contribution in [0.2, 0.25) is 0 Å². The van der Waals surface area contributed by atoms with Crippen molar-refractivity contribution < 1.29 is 33.2 Å². The highest BCUT2D eigenvalue weighted by molar-refractivity contribution is 6.02. The van der Waals surface area contributed by atoms with Gasteiger partial charge in [0.2, 0.25) is 0 Å². The number of rotatable bonds is 10. The van der Waals surface area contributed by atoms with E-state index < -0.39 is 22.7 Å². The molecule has 0 aliphatic heterocycles. The topological polar surface area (TPSA) is 162 Å². The number of ether oxygens (including phenoxy) is 2. The van der Waals surface area contributed by atoms with Crippen molar-refractivity contribution in [1.29, 1.82) is 0 Å². The zero-order valence-corrected chi connectivity index (χ0v) is 21.5. The summed E-state index contributed by atoms with van der Waals surface area (Å²) in [6.45, 7) is 0. The maximum Gasteiger partial charge on any atom is 0.336 e. The Kier molecular flexibility index (Phi) is 8.98. The van der Waals surface area contributed by atoms with Crippen LogP contribution < -0.4 is 20.2 Å². The molecule has 4 aromatic rings. The van der Waals surface area contributed by atoms with Gasteiger partial charge in [-0.1, -0.05) is 12.1 Å². The van der Waals surface area contributed by atoms with Crippen LogP contribution >= 0.6 is 0 Å². The van der Waals surface area contributed by atoms with Gasteiger partial charge in [0.25, 0.3) is 17.5 Å². The van der Waals surface area contributed by atoms with E-state index in [2.05, 4.69) is 15.8 Å². The lowest BCUT2D eigenvalue weighted by atomic mass is 10.2. The maximum absolute atomic E-state index is 12.5. The average Bonchev–Trinajstić information content (AvgIpc) is 3.53. The second-order valence-corrected chi connectivity index (χ2v) is 8.21. The summed E-state index contributed by atoms with van der Waals surface area (Å²) < 4.78 is 15.5. The van der Waals surface area contributed by atoms with Gasteiger partial charge in [-0.15, -0.1) is 0 Å². The van der Waals surface area contributed by atoms with Crippen molar-refractivity contribution in [3.05, 3.63) is 124 Å². The molecule has 0 fully saturated rings. The Hall–Kier alpha value is -6.04. The van der Waals surface area contributed by atoms with Gasteiger partial charge < -0.3 is 19.2 Å². The van der Waals surface area contributed by atoms with Crippen LogP contribution in [0.3, 0.4) is 0 Å². The van der Waals surface area contributed by atoms with E-state index in [1.165, 1.54) is 60.9 Å². The molecule has 0 saturated carbocycles. The summed E-state index contributed by atoms with van der Waals surface area (Å²) in [6.07, 6.45) is 5.24. The standard InChI is InChI=1S/C29H22N4O8/c1-39-24-12-4-19(5-13-24)6-15-27(34)41-25-14-11-23(33(37)38)17-21(25)18-30-32-28(35)20-7-9-22(10-8-20)31-29(36)26-3-2-16-40-26/h2-18H,1H3,(H,31,36)(H,32,35)/b15-6+,30-18+. The van der Waals surface area contributed by atoms with E-state index in [0.29, 0.717) is 11.4 Å². The molecule has 0 unspecified atom stereocenters. The SMILES string of the molecule is COc1ccc(/C=C/C(=O)Oc2ccc([N+](=O)[O-])cc2/C=N/NC(=O)c2ccc(NC(=O)c3ccco3)cc2)cc1. The molecule has 0 radical (unpaired) electrons. The number of hydrogen-bond acceptors (Lipinski definition) is 9. The Morgan fingerprint density at radius 3 is 2.39 bits per heavy atom. The van der Waals surface area contributed by atoms with Gasteiger partial charge in [-0.2, -0.15) is 5.10 Å². The lowest BCUT2D eigenvalue weighted by Crippen LogP contribution is -2.18. The summed E-state index contributed by atoms with van der Waals surface area (Å²) >= 11 is 0. The van der Waals surface area contributed by atoms with Crippen molar-refractivity contribution in [3.8, 4) is 11.5 Å². The summed E-state index contributed by atoms with van der Waals surface area (Å²) in [4.78, 5) is 47.6. The molecule has 1 aromatic heterocycles. The molecule has 0 bridgehead atoms. The largest absolute Gasteiger partial charge is 0.497 e. The van der Waals surface area contributed by atoms with Gasteiger partial charge in [0, 0.05) is 35.0 Å². The summed E-state index contributed by atoms with van der Waals surface area (Å²) in [5, 5.41) is 17.7. The van der Waals surface area contributed by atoms with Crippen LogP contribution in [0.15, 0.2) is 101 Å². The van der Waals surface area contributed by atoms with E-state index in [-0.39, 0.29) is 28.3 Å². The molecule has 41 heavy (non-hydrogen) atoms. The number of non-ortho nitro benzene ring substituents is 1. The van der Waals surface area contributed by atoms with Crippen LogP contribution in [0.5, 0.6) is 11.5 Å². The molecular formula is C29H22N4O8. The van der Waals surface area contributed by atoms with Crippen LogP contribution in [0.4, 0.5) is 11.4 Å². The fourth-order valence-electron chi connectivity index (χ4n) is 3.40. The molecule has 2 N–H and O–H groups in total. The molecule has 12 heteroatoms. The van der Waals surface area contributed by atoms with Crippen molar-refractivity contribution in [2.75, 3.05) is 12.4 Å². The van der Waals surface area contributed by atoms with E-state index in [4.69, 9.17) is 13.9 Å². The van der Waals surface area contributed by atoms with Gasteiger partial charge in [-0.3, -0.25) is 19.7 Å². The second kappa shape index (κ2) is 13.2. The van der Waals surface area contributed by atoms with Gasteiger partial charge >= 0.3 is 5.97 Å². The maximum atomic E-state index is 12.5. The lowest BCUT2D eigenvalue weighted by Gasteiger charge is -2.06. The molecule has 1 heterocycles. The number of nitrogens with one attached hydrogen (secondary N) is 2. The van der Waals surface area contributed by atoms with Gasteiger partial charge in [-0.05, 0) is 66.2 Å². The number of anilines is 1. The van der Waals surface area contributed by atoms with E-state index in [9.17, 15) is 24.5 Å². The first-order valence-electron chi connectivity index (χ1n) is 11.9. The number of nitrogens with zero attached hydrogens (tertiary/aromatic N) is 2. The number of amides is 2. The summed E-state index contributed by atoms with van der Waals surface area (Å²) in [5.41, 5.74) is 3.52. The van der Waals surface area contributed by atoms with Gasteiger partial charge in [0.1, 0.15) is 11.5 Å². The van der Waals surface area contributed by atoms with Gasteiger partial charge in [0.05, 0.1) is 24.5 Å². The van der Waals surface area contributed by atoms with Crippen LogP contribution in [0, 0.1) is 10.1 Å². The molecular weight excluding hydrogens is 532 g/mol. The Morgan fingerprint density at radius 1 is 0.976 bits per heavy atom. The average molecular weight is 555 g/mol. The Labute approximate surface area is 233 Å². The van der Waals surface area contributed by atoms with Crippen LogP contribution in [0.25, 0.3) is 6.08 Å². The van der Waals surface area contributed by atoms with Crippen LogP contribution in [-0.2, 0) is 4.79 Å². The van der Waals surface area contributed by atoms with Crippen molar-refractivity contribution in [3.63, 3.8) is 0 Å². The molecule has 4 rings (SSSR count). The number of nitro groups is 1. The van der Waals surface area contributed by atoms with E-state index in [1.807, 2.05) is 0 Å². The highest BCUT2D eigenvalue weighted by atomic mass is 16.6. The molecule has 0 aliphatic carbocycles. The van der Waals surface area contributed by atoms with Crippen molar-refractivity contribution >= 4 is 41.4 Å². The third-order valence-electron chi connectivity index (χ3n) is 5.46. The molecule has 12 nitrogen and oxygen atoms in total. The molecule has 2 amide bonds. The van der Waals surface area contributed by atoms with E-state index >= 15 is 0 Å². The minimum atomic E-state index is -0.729. The second-order valence-electron chi connectivity index (χ2n) is 8.21. The zero-order chi connectivity index (χ0) is 29.2. The normalized spacial score (nSPS) is 10.9. The highest BCUT2D eigenvalue weighted by Crippen LogP contribution is 2.23. The predicted octanol–water partition coefficient (Wildman–Crippen LogP) is 4.83. The van der Waals surface area contributed by atoms with E-state index in [0.717, 1.165) is 17.8 Å². The number of methoxy groups -OCH3 is 1. The molecule has 206 valence electrons. The van der Waals surface area contributed by atoms with Crippen LogP contribution in [0.1, 0.15) is 32.0 Å². The predicted molar refractivity (Wildman–Crippen MR) is 149 cm³/mol. The molecule has 0 saturated heterocycles. The third kappa shape index (κ3) is 7.74. The minimum absolute atomic E-state index is 0.00497. The fraction of sp³-hybridized carbons (Fsp3) is 0.0345. The highest BCUT2D eigenvalue weighted by Gasteiger charge is 2.14. The third-order valence-corrected chi connectivity index (χ3v) is 5.46. The number of hydrazone groups is 1. The molecule has 3 aromatic carbocycles. The number of hydrogen-bond donors (Lipinski definition) is 2. The van der Waals surface area contributed by atoms with Crippen molar-refractivity contribution in [2.45, 2.75) is 0 Å². The number of furan rings is 1. The Balaban J connectivity index is 1.40. The minimum Gasteiger partial charge on any atom is -0.497 e. The quantitative estimate of drug-likeness (QED) is 0.0703. The number of benzene rings is 3.